The Balaban J connectivity index is 2.56. The minimum atomic E-state index is -0.234. The van der Waals surface area contributed by atoms with Gasteiger partial charge < -0.3 is 9.80 Å². The number of anilines is 1. The summed E-state index contributed by atoms with van der Waals surface area (Å²) in [7, 11) is 6.09. The molecule has 0 bridgehead atoms. The van der Waals surface area contributed by atoms with Gasteiger partial charge in [-0.2, -0.15) is 0 Å². The molecule has 0 aromatic heterocycles. The number of benzene rings is 1. The quantitative estimate of drug-likeness (QED) is 0.732. The van der Waals surface area contributed by atoms with Crippen molar-refractivity contribution in [1.29, 1.82) is 0 Å². The highest BCUT2D eigenvalue weighted by Gasteiger charge is 2.02. The molecule has 0 aliphatic rings. The third-order valence-electron chi connectivity index (χ3n) is 2.55. The van der Waals surface area contributed by atoms with E-state index in [-0.39, 0.29) is 6.67 Å². The number of halogens is 1. The Morgan fingerprint density at radius 3 is 2.56 bits per heavy atom. The molecule has 16 heavy (non-hydrogen) atoms. The highest BCUT2D eigenvalue weighted by molar-refractivity contribution is 5.47. The molecule has 0 aliphatic heterocycles. The highest BCUT2D eigenvalue weighted by atomic mass is 19.1. The summed E-state index contributed by atoms with van der Waals surface area (Å²) in [5.41, 5.74) is 2.48. The van der Waals surface area contributed by atoms with Crippen molar-refractivity contribution in [1.82, 2.24) is 4.90 Å². The molecule has 0 saturated carbocycles. The van der Waals surface area contributed by atoms with Gasteiger partial charge in [-0.1, -0.05) is 12.1 Å². The predicted molar refractivity (Wildman–Crippen MR) is 67.7 cm³/mol. The van der Waals surface area contributed by atoms with Crippen molar-refractivity contribution in [2.75, 3.05) is 39.3 Å². The van der Waals surface area contributed by atoms with Crippen LogP contribution in [0.4, 0.5) is 10.1 Å². The molecular weight excluding hydrogens is 203 g/mol. The summed E-state index contributed by atoms with van der Waals surface area (Å²) in [5.74, 6) is 0. The molecule has 0 radical (unpaired) electrons. The van der Waals surface area contributed by atoms with E-state index in [1.807, 2.05) is 21.1 Å². The largest absolute Gasteiger partial charge is 0.378 e. The molecular formula is C13H21FN2. The lowest BCUT2D eigenvalue weighted by molar-refractivity contribution is 0.303. The Kier molecular flexibility index (Phi) is 5.26. The molecule has 1 rings (SSSR count). The van der Waals surface area contributed by atoms with Gasteiger partial charge in [0.15, 0.2) is 0 Å². The van der Waals surface area contributed by atoms with Crippen LogP contribution in [0.25, 0.3) is 0 Å². The van der Waals surface area contributed by atoms with Crippen LogP contribution < -0.4 is 4.90 Å². The lowest BCUT2D eigenvalue weighted by Crippen LogP contribution is -2.19. The van der Waals surface area contributed by atoms with Crippen molar-refractivity contribution in [2.24, 2.45) is 0 Å². The lowest BCUT2D eigenvalue weighted by Gasteiger charge is -2.18. The van der Waals surface area contributed by atoms with E-state index in [1.165, 1.54) is 11.3 Å². The standard InChI is InChI=1S/C13H21FN2/c1-15(2)13-7-4-6-12(10-13)11-16(3)9-5-8-14/h4,6-7,10H,5,8-9,11H2,1-3H3. The fourth-order valence-electron chi connectivity index (χ4n) is 1.65. The Labute approximate surface area is 97.7 Å². The summed E-state index contributed by atoms with van der Waals surface area (Å²) in [6, 6.07) is 8.43. The van der Waals surface area contributed by atoms with Crippen molar-refractivity contribution in [2.45, 2.75) is 13.0 Å². The average molecular weight is 224 g/mol. The first kappa shape index (κ1) is 13.0. The van der Waals surface area contributed by atoms with Crippen LogP contribution in [0.2, 0.25) is 0 Å². The average Bonchev–Trinajstić information content (AvgIpc) is 2.26. The zero-order chi connectivity index (χ0) is 12.0. The van der Waals surface area contributed by atoms with Crippen molar-refractivity contribution in [3.05, 3.63) is 29.8 Å². The molecule has 0 fully saturated rings. The van der Waals surface area contributed by atoms with Crippen molar-refractivity contribution in [3.63, 3.8) is 0 Å². The summed E-state index contributed by atoms with van der Waals surface area (Å²) in [6.45, 7) is 1.45. The molecule has 0 amide bonds. The Hall–Kier alpha value is -1.09. The molecule has 3 heteroatoms. The molecule has 1 aromatic carbocycles. The molecule has 2 nitrogen and oxygen atoms in total. The first-order valence-electron chi connectivity index (χ1n) is 5.64. The summed E-state index contributed by atoms with van der Waals surface area (Å²) in [4.78, 5) is 4.24. The summed E-state index contributed by atoms with van der Waals surface area (Å²) in [5, 5.41) is 0. The number of hydrogen-bond acceptors (Lipinski definition) is 2. The minimum Gasteiger partial charge on any atom is -0.378 e. The SMILES string of the molecule is CN(CCCF)Cc1cccc(N(C)C)c1. The summed E-state index contributed by atoms with van der Waals surface area (Å²) < 4.78 is 12.0. The molecule has 0 spiro atoms. The van der Waals surface area contributed by atoms with Crippen LogP contribution in [0.15, 0.2) is 24.3 Å². The second-order valence-corrected chi connectivity index (χ2v) is 4.34. The van der Waals surface area contributed by atoms with E-state index in [4.69, 9.17) is 0 Å². The van der Waals surface area contributed by atoms with Gasteiger partial charge in [0.25, 0.3) is 0 Å². The van der Waals surface area contributed by atoms with Gasteiger partial charge in [0.1, 0.15) is 0 Å². The van der Waals surface area contributed by atoms with E-state index in [0.717, 1.165) is 13.1 Å². The molecule has 0 saturated heterocycles. The van der Waals surface area contributed by atoms with Gasteiger partial charge in [0, 0.05) is 32.9 Å². The van der Waals surface area contributed by atoms with E-state index in [9.17, 15) is 4.39 Å². The van der Waals surface area contributed by atoms with Crippen LogP contribution in [0.5, 0.6) is 0 Å². The molecule has 90 valence electrons. The first-order valence-corrected chi connectivity index (χ1v) is 5.64. The smallest absolute Gasteiger partial charge is 0.0906 e. The second-order valence-electron chi connectivity index (χ2n) is 4.34. The Morgan fingerprint density at radius 2 is 1.94 bits per heavy atom. The molecule has 1 aromatic rings. The van der Waals surface area contributed by atoms with Gasteiger partial charge >= 0.3 is 0 Å². The number of hydrogen-bond donors (Lipinski definition) is 0. The van der Waals surface area contributed by atoms with Crippen LogP contribution >= 0.6 is 0 Å². The monoisotopic (exact) mass is 224 g/mol. The van der Waals surface area contributed by atoms with E-state index in [1.54, 1.807) is 0 Å². The van der Waals surface area contributed by atoms with E-state index < -0.39 is 0 Å². The summed E-state index contributed by atoms with van der Waals surface area (Å²) in [6.07, 6.45) is 0.615. The zero-order valence-electron chi connectivity index (χ0n) is 10.4. The maximum Gasteiger partial charge on any atom is 0.0906 e. The van der Waals surface area contributed by atoms with Crippen LogP contribution in [-0.4, -0.2) is 39.3 Å². The predicted octanol–water partition coefficient (Wildman–Crippen LogP) is 2.54. The van der Waals surface area contributed by atoms with Gasteiger partial charge in [-0.15, -0.1) is 0 Å². The van der Waals surface area contributed by atoms with Crippen LogP contribution in [-0.2, 0) is 6.54 Å². The van der Waals surface area contributed by atoms with Gasteiger partial charge in [-0.05, 0) is 31.2 Å². The maximum absolute atomic E-state index is 12.0. The first-order chi connectivity index (χ1) is 7.63. The molecule has 0 heterocycles. The summed E-state index contributed by atoms with van der Waals surface area (Å²) >= 11 is 0. The van der Waals surface area contributed by atoms with Gasteiger partial charge in [-0.25, -0.2) is 0 Å². The highest BCUT2D eigenvalue weighted by Crippen LogP contribution is 2.14. The molecule has 0 aliphatic carbocycles. The number of rotatable bonds is 6. The van der Waals surface area contributed by atoms with E-state index in [0.29, 0.717) is 6.42 Å². The van der Waals surface area contributed by atoms with E-state index in [2.05, 4.69) is 34.1 Å². The third-order valence-corrected chi connectivity index (χ3v) is 2.55. The normalized spacial score (nSPS) is 10.8. The molecule has 0 N–H and O–H groups in total. The Bertz CT molecular complexity index is 313. The number of alkyl halides is 1. The number of nitrogens with zero attached hydrogens (tertiary/aromatic N) is 2. The van der Waals surface area contributed by atoms with Crippen molar-refractivity contribution in [3.8, 4) is 0 Å². The van der Waals surface area contributed by atoms with Crippen LogP contribution in [0.3, 0.4) is 0 Å². The second kappa shape index (κ2) is 6.48. The molecule has 0 unspecified atom stereocenters. The van der Waals surface area contributed by atoms with Crippen LogP contribution in [0.1, 0.15) is 12.0 Å². The topological polar surface area (TPSA) is 6.48 Å². The van der Waals surface area contributed by atoms with Gasteiger partial charge in [0.2, 0.25) is 0 Å². The maximum atomic E-state index is 12.0. The van der Waals surface area contributed by atoms with Gasteiger partial charge in [0.05, 0.1) is 6.67 Å². The fourth-order valence-corrected chi connectivity index (χ4v) is 1.65. The Morgan fingerprint density at radius 1 is 1.19 bits per heavy atom. The zero-order valence-corrected chi connectivity index (χ0v) is 10.4. The fraction of sp³-hybridized carbons (Fsp3) is 0.538. The van der Waals surface area contributed by atoms with Crippen molar-refractivity contribution >= 4 is 5.69 Å². The molecule has 0 atom stereocenters. The minimum absolute atomic E-state index is 0.234. The van der Waals surface area contributed by atoms with Crippen LogP contribution in [0, 0.1) is 0 Å². The van der Waals surface area contributed by atoms with E-state index >= 15 is 0 Å². The third kappa shape index (κ3) is 4.19. The van der Waals surface area contributed by atoms with Gasteiger partial charge in [-0.3, -0.25) is 4.39 Å². The van der Waals surface area contributed by atoms with Crippen molar-refractivity contribution < 1.29 is 4.39 Å². The lowest BCUT2D eigenvalue weighted by atomic mass is 10.2.